The Balaban J connectivity index is 2.12. The van der Waals surface area contributed by atoms with Crippen molar-refractivity contribution in [2.75, 3.05) is 0 Å². The minimum Gasteiger partial charge on any atom is -0.481 e. The second-order valence-electron chi connectivity index (χ2n) is 4.54. The van der Waals surface area contributed by atoms with Crippen LogP contribution in [-0.4, -0.2) is 29.2 Å². The van der Waals surface area contributed by atoms with Crippen molar-refractivity contribution in [3.05, 3.63) is 0 Å². The highest BCUT2D eigenvalue weighted by atomic mass is 16.4. The molecule has 3 N–H and O–H groups in total. The van der Waals surface area contributed by atoms with Crippen molar-refractivity contribution < 1.29 is 14.7 Å². The molecule has 16 heavy (non-hydrogen) atoms. The Morgan fingerprint density at radius 3 is 2.62 bits per heavy atom. The molecule has 2 amide bonds. The van der Waals surface area contributed by atoms with Crippen LogP contribution >= 0.6 is 0 Å². The van der Waals surface area contributed by atoms with Crippen LogP contribution in [0.3, 0.4) is 0 Å². The van der Waals surface area contributed by atoms with Gasteiger partial charge in [0, 0.05) is 6.04 Å². The number of urea groups is 1. The van der Waals surface area contributed by atoms with E-state index >= 15 is 0 Å². The summed E-state index contributed by atoms with van der Waals surface area (Å²) < 4.78 is 0. The van der Waals surface area contributed by atoms with Gasteiger partial charge in [-0.05, 0) is 19.8 Å². The van der Waals surface area contributed by atoms with Crippen molar-refractivity contribution in [1.82, 2.24) is 10.6 Å². The first kappa shape index (κ1) is 12.8. The smallest absolute Gasteiger partial charge is 0.315 e. The van der Waals surface area contributed by atoms with E-state index in [1.54, 1.807) is 6.92 Å². The molecule has 0 radical (unpaired) electrons. The average Bonchev–Trinajstić information content (AvgIpc) is 2.51. The molecule has 0 aromatic carbocycles. The van der Waals surface area contributed by atoms with Gasteiger partial charge >= 0.3 is 12.0 Å². The SMILES string of the molecule is C[C@H](CCCC[C@H]1NC(=O)N[C@@H]1C)C(=O)O. The summed E-state index contributed by atoms with van der Waals surface area (Å²) in [6.07, 6.45) is 3.46. The van der Waals surface area contributed by atoms with Gasteiger partial charge < -0.3 is 15.7 Å². The normalized spacial score (nSPS) is 26.0. The zero-order valence-electron chi connectivity index (χ0n) is 9.82. The molecule has 1 aliphatic heterocycles. The number of carboxylic acids is 1. The molecule has 0 spiro atoms. The van der Waals surface area contributed by atoms with Crippen LogP contribution in [0.25, 0.3) is 0 Å². The number of carboxylic acid groups (broad SMARTS) is 1. The highest BCUT2D eigenvalue weighted by molar-refractivity contribution is 5.77. The first-order chi connectivity index (χ1) is 7.50. The maximum absolute atomic E-state index is 11.0. The third kappa shape index (κ3) is 3.72. The number of unbranched alkanes of at least 4 members (excludes halogenated alkanes) is 1. The first-order valence-electron chi connectivity index (χ1n) is 5.80. The van der Waals surface area contributed by atoms with Gasteiger partial charge in [-0.3, -0.25) is 4.79 Å². The maximum Gasteiger partial charge on any atom is 0.315 e. The third-order valence-electron chi connectivity index (χ3n) is 3.10. The minimum atomic E-state index is -0.732. The van der Waals surface area contributed by atoms with Crippen LogP contribution in [0.2, 0.25) is 0 Å². The number of nitrogens with one attached hydrogen (secondary N) is 2. The van der Waals surface area contributed by atoms with Gasteiger partial charge in [0.1, 0.15) is 0 Å². The Bertz CT molecular complexity index is 268. The quantitative estimate of drug-likeness (QED) is 0.600. The Morgan fingerprint density at radius 1 is 1.44 bits per heavy atom. The molecule has 5 heteroatoms. The molecule has 0 bridgehead atoms. The van der Waals surface area contributed by atoms with E-state index < -0.39 is 5.97 Å². The Kier molecular flexibility index (Phi) is 4.58. The number of hydrogen-bond acceptors (Lipinski definition) is 2. The van der Waals surface area contributed by atoms with Gasteiger partial charge in [0.2, 0.25) is 0 Å². The van der Waals surface area contributed by atoms with Crippen molar-refractivity contribution in [2.24, 2.45) is 5.92 Å². The second-order valence-corrected chi connectivity index (χ2v) is 4.54. The van der Waals surface area contributed by atoms with Crippen molar-refractivity contribution >= 4 is 12.0 Å². The van der Waals surface area contributed by atoms with Crippen LogP contribution in [0.1, 0.15) is 39.5 Å². The molecule has 1 heterocycles. The standard InChI is InChI=1S/C11H20N2O3/c1-7(10(14)15)5-3-4-6-9-8(2)12-11(16)13-9/h7-9H,3-6H2,1-2H3,(H,14,15)(H2,12,13,16)/t7-,8-,9-/m1/s1. The summed E-state index contributed by atoms with van der Waals surface area (Å²) >= 11 is 0. The second kappa shape index (κ2) is 5.72. The van der Waals surface area contributed by atoms with Gasteiger partial charge in [0.05, 0.1) is 12.0 Å². The molecule has 0 aliphatic carbocycles. The molecule has 0 saturated carbocycles. The Labute approximate surface area is 95.6 Å². The van der Waals surface area contributed by atoms with E-state index in [1.165, 1.54) is 0 Å². The predicted octanol–water partition coefficient (Wildman–Crippen LogP) is 1.34. The average molecular weight is 228 g/mol. The zero-order chi connectivity index (χ0) is 12.1. The lowest BCUT2D eigenvalue weighted by molar-refractivity contribution is -0.141. The monoisotopic (exact) mass is 228 g/mol. The molecular formula is C11H20N2O3. The van der Waals surface area contributed by atoms with Crippen molar-refractivity contribution in [1.29, 1.82) is 0 Å². The van der Waals surface area contributed by atoms with E-state index in [1.807, 2.05) is 6.92 Å². The summed E-state index contributed by atoms with van der Waals surface area (Å²) in [6, 6.07) is 0.258. The molecule has 5 nitrogen and oxygen atoms in total. The topological polar surface area (TPSA) is 78.4 Å². The molecule has 3 atom stereocenters. The van der Waals surface area contributed by atoms with Gasteiger partial charge in [-0.1, -0.05) is 19.8 Å². The van der Waals surface area contributed by atoms with Gasteiger partial charge in [-0.2, -0.15) is 0 Å². The van der Waals surface area contributed by atoms with E-state index in [-0.39, 0.29) is 24.0 Å². The summed E-state index contributed by atoms with van der Waals surface area (Å²) in [5, 5.41) is 14.3. The van der Waals surface area contributed by atoms with Crippen molar-refractivity contribution in [3.63, 3.8) is 0 Å². The first-order valence-corrected chi connectivity index (χ1v) is 5.80. The van der Waals surface area contributed by atoms with Crippen molar-refractivity contribution in [2.45, 2.75) is 51.6 Å². The lowest BCUT2D eigenvalue weighted by atomic mass is 10.00. The van der Waals surface area contributed by atoms with Crippen LogP contribution in [0.4, 0.5) is 4.79 Å². The van der Waals surface area contributed by atoms with E-state index in [0.717, 1.165) is 19.3 Å². The van der Waals surface area contributed by atoms with Crippen LogP contribution < -0.4 is 10.6 Å². The summed E-state index contributed by atoms with van der Waals surface area (Å²) in [5.41, 5.74) is 0. The zero-order valence-corrected chi connectivity index (χ0v) is 9.82. The molecule has 0 aromatic rings. The third-order valence-corrected chi connectivity index (χ3v) is 3.10. The molecular weight excluding hydrogens is 208 g/mol. The highest BCUT2D eigenvalue weighted by Crippen LogP contribution is 2.13. The van der Waals surface area contributed by atoms with E-state index in [9.17, 15) is 9.59 Å². The number of carbonyl (C=O) groups is 2. The lowest BCUT2D eigenvalue weighted by Crippen LogP contribution is -2.30. The van der Waals surface area contributed by atoms with Crippen LogP contribution in [0, 0.1) is 5.92 Å². The van der Waals surface area contributed by atoms with Gasteiger partial charge in [0.25, 0.3) is 0 Å². The Morgan fingerprint density at radius 2 is 2.12 bits per heavy atom. The van der Waals surface area contributed by atoms with Crippen LogP contribution in [0.15, 0.2) is 0 Å². The number of amides is 2. The molecule has 92 valence electrons. The number of rotatable bonds is 6. The summed E-state index contributed by atoms with van der Waals surface area (Å²) in [5.74, 6) is -1.00. The van der Waals surface area contributed by atoms with E-state index in [2.05, 4.69) is 10.6 Å². The molecule has 0 aromatic heterocycles. The molecule has 0 unspecified atom stereocenters. The fourth-order valence-corrected chi connectivity index (χ4v) is 1.90. The van der Waals surface area contributed by atoms with Crippen molar-refractivity contribution in [3.8, 4) is 0 Å². The number of hydrogen-bond donors (Lipinski definition) is 3. The van der Waals surface area contributed by atoms with Gasteiger partial charge in [-0.15, -0.1) is 0 Å². The van der Waals surface area contributed by atoms with Gasteiger partial charge in [0.15, 0.2) is 0 Å². The van der Waals surface area contributed by atoms with Crippen LogP contribution in [0.5, 0.6) is 0 Å². The Hall–Kier alpha value is -1.26. The van der Waals surface area contributed by atoms with E-state index in [0.29, 0.717) is 6.42 Å². The van der Waals surface area contributed by atoms with E-state index in [4.69, 9.17) is 5.11 Å². The van der Waals surface area contributed by atoms with Crippen LogP contribution in [-0.2, 0) is 4.79 Å². The fourth-order valence-electron chi connectivity index (χ4n) is 1.90. The fraction of sp³-hybridized carbons (Fsp3) is 0.818. The largest absolute Gasteiger partial charge is 0.481 e. The maximum atomic E-state index is 11.0. The summed E-state index contributed by atoms with van der Waals surface area (Å²) in [7, 11) is 0. The molecule has 1 rings (SSSR count). The number of carbonyl (C=O) groups excluding carboxylic acids is 1. The summed E-state index contributed by atoms with van der Waals surface area (Å²) in [6.45, 7) is 3.70. The number of aliphatic carboxylic acids is 1. The lowest BCUT2D eigenvalue weighted by Gasteiger charge is -2.14. The predicted molar refractivity (Wildman–Crippen MR) is 60.2 cm³/mol. The molecule has 1 fully saturated rings. The molecule has 1 saturated heterocycles. The summed E-state index contributed by atoms with van der Waals surface area (Å²) in [4.78, 5) is 21.6. The van der Waals surface area contributed by atoms with Gasteiger partial charge in [-0.25, -0.2) is 4.79 Å². The minimum absolute atomic E-state index is 0.101. The highest BCUT2D eigenvalue weighted by Gasteiger charge is 2.26. The molecule has 1 aliphatic rings.